The van der Waals surface area contributed by atoms with E-state index in [1.54, 1.807) is 38.1 Å². The normalized spacial score (nSPS) is 15.7. The molecule has 168 valence electrons. The van der Waals surface area contributed by atoms with Gasteiger partial charge in [-0.2, -0.15) is 0 Å². The number of thiazole rings is 1. The predicted molar refractivity (Wildman–Crippen MR) is 119 cm³/mol. The van der Waals surface area contributed by atoms with E-state index in [1.165, 1.54) is 22.8 Å². The number of nitrogens with zero attached hydrogens (tertiary/aromatic N) is 3. The summed E-state index contributed by atoms with van der Waals surface area (Å²) in [5.41, 5.74) is 0.359. The number of allylic oxidation sites excluding steroid dienone is 1. The molecule has 0 saturated carbocycles. The van der Waals surface area contributed by atoms with Crippen LogP contribution < -0.4 is 20.0 Å². The molecular weight excluding hydrogens is 446 g/mol. The molecular formula is C23H18N3O6S-. The van der Waals surface area contributed by atoms with Gasteiger partial charge < -0.3 is 9.84 Å². The van der Waals surface area contributed by atoms with E-state index in [0.29, 0.717) is 16.1 Å². The fourth-order valence-electron chi connectivity index (χ4n) is 3.68. The summed E-state index contributed by atoms with van der Waals surface area (Å²) in [5, 5.41) is 23.6. The number of aromatic nitrogens is 1. The van der Waals surface area contributed by atoms with Crippen LogP contribution in [0.2, 0.25) is 0 Å². The first-order valence-electron chi connectivity index (χ1n) is 10.0. The largest absolute Gasteiger partial charge is 0.867 e. The predicted octanol–water partition coefficient (Wildman–Crippen LogP) is 1.78. The van der Waals surface area contributed by atoms with Crippen molar-refractivity contribution in [2.24, 2.45) is 4.99 Å². The molecule has 33 heavy (non-hydrogen) atoms. The number of hydrogen-bond acceptors (Lipinski definition) is 8. The number of carbonyl (C=O) groups is 1. The lowest BCUT2D eigenvalue weighted by atomic mass is 9.96. The molecule has 1 aromatic heterocycles. The standard InChI is InChI=1S/C23H19N3O6S/c1-3-32-22(29)18-13(2)24-23-25(19(18)14-8-5-4-6-9-14)21(28)17(33-23)12-15-10-7-11-16(20(15)27)26(30)31/h4-12,19,27H,3H2,1-2H3/p-1/b17-12-/t19-/m1/s1. The summed E-state index contributed by atoms with van der Waals surface area (Å²) < 4.78 is 6.80. The Hall–Kier alpha value is -4.05. The van der Waals surface area contributed by atoms with Crippen molar-refractivity contribution in [3.63, 3.8) is 0 Å². The fraction of sp³-hybridized carbons (Fsp3) is 0.174. The third kappa shape index (κ3) is 3.96. The minimum atomic E-state index is -0.781. The van der Waals surface area contributed by atoms with Gasteiger partial charge in [0.05, 0.1) is 33.4 Å². The number of hydrogen-bond donors (Lipinski definition) is 0. The average molecular weight is 464 g/mol. The maximum absolute atomic E-state index is 13.4. The first kappa shape index (κ1) is 22.2. The van der Waals surface area contributed by atoms with Crippen LogP contribution in [0.25, 0.3) is 6.08 Å². The highest BCUT2D eigenvalue weighted by atomic mass is 32.1. The third-order valence-corrected chi connectivity index (χ3v) is 6.12. The Morgan fingerprint density at radius 3 is 2.64 bits per heavy atom. The molecule has 0 saturated heterocycles. The molecule has 0 fully saturated rings. The summed E-state index contributed by atoms with van der Waals surface area (Å²) in [6, 6.07) is 12.2. The van der Waals surface area contributed by atoms with E-state index in [4.69, 9.17) is 4.74 Å². The molecule has 1 atom stereocenters. The molecule has 0 radical (unpaired) electrons. The van der Waals surface area contributed by atoms with Crippen LogP contribution in [0.4, 0.5) is 5.69 Å². The summed E-state index contributed by atoms with van der Waals surface area (Å²) in [6.07, 6.45) is 1.32. The Kier molecular flexibility index (Phi) is 5.93. The minimum Gasteiger partial charge on any atom is -0.867 e. The van der Waals surface area contributed by atoms with Gasteiger partial charge in [0.2, 0.25) is 0 Å². The number of ether oxygens (including phenoxy) is 1. The summed E-state index contributed by atoms with van der Waals surface area (Å²) in [5.74, 6) is -1.35. The highest BCUT2D eigenvalue weighted by molar-refractivity contribution is 7.07. The SMILES string of the molecule is CCOC(=O)C1=C(C)N=c2s/c(=C\c3cccc([N+](=O)[O-])c3[O-])c(=O)n2[C@@H]1c1ccccc1. The topological polar surface area (TPSA) is 127 Å². The highest BCUT2D eigenvalue weighted by Gasteiger charge is 2.33. The summed E-state index contributed by atoms with van der Waals surface area (Å²) in [4.78, 5) is 41.4. The van der Waals surface area contributed by atoms with Crippen LogP contribution >= 0.6 is 11.3 Å². The smallest absolute Gasteiger partial charge is 0.338 e. The average Bonchev–Trinajstić information content (AvgIpc) is 3.09. The monoisotopic (exact) mass is 464 g/mol. The number of benzene rings is 2. The second-order valence-corrected chi connectivity index (χ2v) is 8.17. The zero-order valence-electron chi connectivity index (χ0n) is 17.7. The van der Waals surface area contributed by atoms with E-state index in [0.717, 1.165) is 17.4 Å². The molecule has 0 amide bonds. The Morgan fingerprint density at radius 2 is 1.97 bits per heavy atom. The second kappa shape index (κ2) is 8.83. The molecule has 0 unspecified atom stereocenters. The molecule has 3 aromatic rings. The van der Waals surface area contributed by atoms with E-state index in [-0.39, 0.29) is 22.3 Å². The zero-order chi connectivity index (χ0) is 23.7. The molecule has 0 N–H and O–H groups in total. The van der Waals surface area contributed by atoms with Gasteiger partial charge in [-0.3, -0.25) is 19.5 Å². The van der Waals surface area contributed by atoms with Crippen LogP contribution in [0, 0.1) is 10.1 Å². The van der Waals surface area contributed by atoms with E-state index < -0.39 is 33.9 Å². The lowest BCUT2D eigenvalue weighted by Crippen LogP contribution is -2.39. The Bertz CT molecular complexity index is 1470. The van der Waals surface area contributed by atoms with Gasteiger partial charge in [-0.25, -0.2) is 9.79 Å². The van der Waals surface area contributed by atoms with Gasteiger partial charge in [-0.1, -0.05) is 53.8 Å². The molecule has 4 rings (SSSR count). The summed E-state index contributed by atoms with van der Waals surface area (Å²) >= 11 is 1.04. The van der Waals surface area contributed by atoms with Gasteiger partial charge in [0, 0.05) is 6.07 Å². The molecule has 1 aliphatic rings. The van der Waals surface area contributed by atoms with E-state index in [9.17, 15) is 24.8 Å². The van der Waals surface area contributed by atoms with Crippen molar-refractivity contribution in [3.05, 3.63) is 101 Å². The van der Waals surface area contributed by atoms with Crippen molar-refractivity contribution in [2.45, 2.75) is 19.9 Å². The lowest BCUT2D eigenvalue weighted by molar-refractivity contribution is -0.398. The number of nitro benzene ring substituents is 1. The maximum Gasteiger partial charge on any atom is 0.338 e. The van der Waals surface area contributed by atoms with Gasteiger partial charge in [0.15, 0.2) is 4.80 Å². The number of fused-ring (bicyclic) bond motifs is 1. The van der Waals surface area contributed by atoms with Crippen LogP contribution in [-0.4, -0.2) is 22.1 Å². The van der Waals surface area contributed by atoms with Crippen molar-refractivity contribution in [1.29, 1.82) is 0 Å². The molecule has 0 spiro atoms. The van der Waals surface area contributed by atoms with Gasteiger partial charge in [0.25, 0.3) is 11.2 Å². The molecule has 10 heteroatoms. The van der Waals surface area contributed by atoms with Crippen LogP contribution in [0.5, 0.6) is 5.75 Å². The van der Waals surface area contributed by atoms with Crippen LogP contribution in [0.1, 0.15) is 31.0 Å². The van der Waals surface area contributed by atoms with Crippen LogP contribution in [-0.2, 0) is 9.53 Å². The second-order valence-electron chi connectivity index (χ2n) is 7.17. The van der Waals surface area contributed by atoms with Crippen molar-refractivity contribution >= 4 is 29.1 Å². The van der Waals surface area contributed by atoms with Crippen molar-refractivity contribution < 1.29 is 19.6 Å². The van der Waals surface area contributed by atoms with Gasteiger partial charge in [-0.05, 0) is 36.8 Å². The molecule has 2 heterocycles. The number of esters is 1. The molecule has 1 aliphatic heterocycles. The minimum absolute atomic E-state index is 0.0204. The maximum atomic E-state index is 13.4. The van der Waals surface area contributed by atoms with Gasteiger partial charge >= 0.3 is 5.97 Å². The molecule has 0 bridgehead atoms. The number of nitro groups is 1. The Morgan fingerprint density at radius 1 is 1.24 bits per heavy atom. The fourth-order valence-corrected chi connectivity index (χ4v) is 4.72. The number of rotatable bonds is 5. The quantitative estimate of drug-likeness (QED) is 0.322. The highest BCUT2D eigenvalue weighted by Crippen LogP contribution is 2.31. The molecule has 9 nitrogen and oxygen atoms in total. The van der Waals surface area contributed by atoms with Crippen LogP contribution in [0.15, 0.2) is 69.6 Å². The van der Waals surface area contributed by atoms with Crippen molar-refractivity contribution in [2.75, 3.05) is 6.61 Å². The third-order valence-electron chi connectivity index (χ3n) is 5.14. The number of carbonyl (C=O) groups excluding carboxylic acids is 1. The zero-order valence-corrected chi connectivity index (χ0v) is 18.5. The van der Waals surface area contributed by atoms with Crippen molar-refractivity contribution in [1.82, 2.24) is 4.57 Å². The number of para-hydroxylation sites is 1. The first-order valence-corrected chi connectivity index (χ1v) is 10.8. The van der Waals surface area contributed by atoms with Gasteiger partial charge in [0.1, 0.15) is 0 Å². The summed E-state index contributed by atoms with van der Waals surface area (Å²) in [7, 11) is 0. The van der Waals surface area contributed by atoms with E-state index in [2.05, 4.69) is 4.99 Å². The van der Waals surface area contributed by atoms with Gasteiger partial charge in [-0.15, -0.1) is 0 Å². The van der Waals surface area contributed by atoms with Crippen molar-refractivity contribution in [3.8, 4) is 5.75 Å². The Balaban J connectivity index is 1.96. The van der Waals surface area contributed by atoms with E-state index in [1.807, 2.05) is 6.07 Å². The summed E-state index contributed by atoms with van der Waals surface area (Å²) in [6.45, 7) is 3.54. The lowest BCUT2D eigenvalue weighted by Gasteiger charge is -2.24. The van der Waals surface area contributed by atoms with Crippen LogP contribution in [0.3, 0.4) is 0 Å². The first-order chi connectivity index (χ1) is 15.8. The molecule has 2 aromatic carbocycles. The molecule has 0 aliphatic carbocycles. The Labute approximate surface area is 191 Å². The van der Waals surface area contributed by atoms with E-state index >= 15 is 0 Å².